The third-order valence-electron chi connectivity index (χ3n) is 2.17. The Morgan fingerprint density at radius 3 is 2.47 bits per heavy atom. The second-order valence-corrected chi connectivity index (χ2v) is 4.62. The molecule has 0 spiro atoms. The third-order valence-corrected chi connectivity index (χ3v) is 2.89. The number of hydrogen-bond acceptors (Lipinski definition) is 3. The predicted octanol–water partition coefficient (Wildman–Crippen LogP) is 2.49. The van der Waals surface area contributed by atoms with Gasteiger partial charge in [0.15, 0.2) is 0 Å². The lowest BCUT2D eigenvalue weighted by molar-refractivity contribution is -0.174. The molecule has 0 saturated carbocycles. The standard InChI is InChI=1S/C11H12F2INO2/c1-2-17-10(16)11(12,13)9(15)7-3-5-8(14)6-4-7/h3-6,9H,2,15H2,1H3/t9-/m0/s1. The van der Waals surface area contributed by atoms with E-state index in [1.807, 2.05) is 22.6 Å². The van der Waals surface area contributed by atoms with Crippen molar-refractivity contribution in [3.63, 3.8) is 0 Å². The van der Waals surface area contributed by atoms with Gasteiger partial charge in [0.1, 0.15) is 6.04 Å². The summed E-state index contributed by atoms with van der Waals surface area (Å²) >= 11 is 2.05. The number of alkyl halides is 2. The smallest absolute Gasteiger partial charge is 0.379 e. The molecule has 0 amide bonds. The predicted molar refractivity (Wildman–Crippen MR) is 67.7 cm³/mol. The van der Waals surface area contributed by atoms with Crippen molar-refractivity contribution in [1.29, 1.82) is 0 Å². The normalized spacial score (nSPS) is 13.2. The van der Waals surface area contributed by atoms with Crippen molar-refractivity contribution >= 4 is 28.6 Å². The molecule has 0 radical (unpaired) electrons. The molecule has 17 heavy (non-hydrogen) atoms. The Labute approximate surface area is 111 Å². The first-order valence-electron chi connectivity index (χ1n) is 4.95. The van der Waals surface area contributed by atoms with E-state index < -0.39 is 17.9 Å². The molecule has 1 atom stereocenters. The van der Waals surface area contributed by atoms with E-state index in [2.05, 4.69) is 4.74 Å². The Hall–Kier alpha value is -0.760. The highest BCUT2D eigenvalue weighted by molar-refractivity contribution is 14.1. The fourth-order valence-corrected chi connectivity index (χ4v) is 1.59. The SMILES string of the molecule is CCOC(=O)C(F)(F)[C@@H](N)c1ccc(I)cc1. The maximum Gasteiger partial charge on any atom is 0.379 e. The molecule has 0 heterocycles. The van der Waals surface area contributed by atoms with Crippen LogP contribution in [-0.4, -0.2) is 18.5 Å². The molecule has 0 fully saturated rings. The van der Waals surface area contributed by atoms with Crippen LogP contribution < -0.4 is 5.73 Å². The highest BCUT2D eigenvalue weighted by atomic mass is 127. The minimum atomic E-state index is -3.72. The number of carbonyl (C=O) groups excluding carboxylic acids is 1. The average molecular weight is 355 g/mol. The van der Waals surface area contributed by atoms with Gasteiger partial charge >= 0.3 is 11.9 Å². The molecule has 6 heteroatoms. The summed E-state index contributed by atoms with van der Waals surface area (Å²) in [6.07, 6.45) is 0. The van der Waals surface area contributed by atoms with Gasteiger partial charge in [-0.25, -0.2) is 4.79 Å². The topological polar surface area (TPSA) is 52.3 Å². The Kier molecular flexibility index (Phi) is 4.81. The van der Waals surface area contributed by atoms with E-state index in [0.717, 1.165) is 3.57 Å². The van der Waals surface area contributed by atoms with Crippen LogP contribution in [0.1, 0.15) is 18.5 Å². The van der Waals surface area contributed by atoms with Gasteiger partial charge in [-0.3, -0.25) is 0 Å². The third kappa shape index (κ3) is 3.35. The summed E-state index contributed by atoms with van der Waals surface area (Å²) in [5.41, 5.74) is 5.60. The minimum Gasteiger partial charge on any atom is -0.462 e. The van der Waals surface area contributed by atoms with E-state index in [1.165, 1.54) is 19.1 Å². The molecule has 94 valence electrons. The summed E-state index contributed by atoms with van der Waals surface area (Å²) in [5.74, 6) is -5.31. The van der Waals surface area contributed by atoms with Crippen LogP contribution in [-0.2, 0) is 9.53 Å². The molecular formula is C11H12F2INO2. The van der Waals surface area contributed by atoms with Crippen LogP contribution in [0.2, 0.25) is 0 Å². The summed E-state index contributed by atoms with van der Waals surface area (Å²) in [4.78, 5) is 11.1. The van der Waals surface area contributed by atoms with Crippen molar-refractivity contribution in [1.82, 2.24) is 0 Å². The maximum absolute atomic E-state index is 13.6. The Morgan fingerprint density at radius 1 is 1.47 bits per heavy atom. The summed E-state index contributed by atoms with van der Waals surface area (Å²) in [6.45, 7) is 1.36. The van der Waals surface area contributed by atoms with E-state index in [1.54, 1.807) is 12.1 Å². The van der Waals surface area contributed by atoms with E-state index in [-0.39, 0.29) is 12.2 Å². The highest BCUT2D eigenvalue weighted by Crippen LogP contribution is 2.30. The van der Waals surface area contributed by atoms with E-state index in [0.29, 0.717) is 0 Å². The lowest BCUT2D eigenvalue weighted by atomic mass is 10.0. The van der Waals surface area contributed by atoms with Gasteiger partial charge in [-0.2, -0.15) is 8.78 Å². The fraction of sp³-hybridized carbons (Fsp3) is 0.364. The van der Waals surface area contributed by atoms with E-state index in [9.17, 15) is 13.6 Å². The molecule has 1 aromatic rings. The fourth-order valence-electron chi connectivity index (χ4n) is 1.23. The van der Waals surface area contributed by atoms with Crippen molar-refractivity contribution in [2.75, 3.05) is 6.61 Å². The Morgan fingerprint density at radius 2 is 2.00 bits per heavy atom. The van der Waals surface area contributed by atoms with Gasteiger partial charge in [-0.05, 0) is 47.2 Å². The number of nitrogens with two attached hydrogens (primary N) is 1. The summed E-state index contributed by atoms with van der Waals surface area (Å²) < 4.78 is 32.4. The van der Waals surface area contributed by atoms with Crippen molar-refractivity contribution < 1.29 is 18.3 Å². The number of rotatable bonds is 4. The molecular weight excluding hydrogens is 343 g/mol. The number of benzene rings is 1. The first-order valence-corrected chi connectivity index (χ1v) is 6.03. The number of ether oxygens (including phenoxy) is 1. The summed E-state index contributed by atoms with van der Waals surface area (Å²) in [7, 11) is 0. The summed E-state index contributed by atoms with van der Waals surface area (Å²) in [6, 6.07) is 4.55. The largest absolute Gasteiger partial charge is 0.462 e. The van der Waals surface area contributed by atoms with Crippen LogP contribution in [0.15, 0.2) is 24.3 Å². The molecule has 0 aliphatic rings. The molecule has 2 N–H and O–H groups in total. The van der Waals surface area contributed by atoms with Gasteiger partial charge in [-0.15, -0.1) is 0 Å². The molecule has 0 aliphatic heterocycles. The zero-order valence-electron chi connectivity index (χ0n) is 9.12. The van der Waals surface area contributed by atoms with Gasteiger partial charge in [-0.1, -0.05) is 12.1 Å². The number of carbonyl (C=O) groups is 1. The number of halogens is 3. The zero-order chi connectivity index (χ0) is 13.1. The number of hydrogen-bond donors (Lipinski definition) is 1. The second-order valence-electron chi connectivity index (χ2n) is 3.37. The monoisotopic (exact) mass is 355 g/mol. The van der Waals surface area contributed by atoms with Crippen molar-refractivity contribution in [3.8, 4) is 0 Å². The Bertz CT molecular complexity index is 395. The molecule has 3 nitrogen and oxygen atoms in total. The van der Waals surface area contributed by atoms with E-state index >= 15 is 0 Å². The van der Waals surface area contributed by atoms with Crippen LogP contribution in [0.3, 0.4) is 0 Å². The lowest BCUT2D eigenvalue weighted by Crippen LogP contribution is -2.41. The van der Waals surface area contributed by atoms with Crippen LogP contribution >= 0.6 is 22.6 Å². The minimum absolute atomic E-state index is 0.103. The van der Waals surface area contributed by atoms with Gasteiger partial charge in [0.2, 0.25) is 0 Å². The first-order chi connectivity index (χ1) is 7.89. The van der Waals surface area contributed by atoms with Gasteiger partial charge in [0.25, 0.3) is 0 Å². The summed E-state index contributed by atoms with van der Waals surface area (Å²) in [5, 5.41) is 0. The molecule has 0 aromatic heterocycles. The quantitative estimate of drug-likeness (QED) is 0.667. The van der Waals surface area contributed by atoms with Crippen LogP contribution in [0.25, 0.3) is 0 Å². The lowest BCUT2D eigenvalue weighted by Gasteiger charge is -2.21. The van der Waals surface area contributed by atoms with Crippen molar-refractivity contribution in [2.24, 2.45) is 5.73 Å². The molecule has 1 aromatic carbocycles. The van der Waals surface area contributed by atoms with Crippen molar-refractivity contribution in [2.45, 2.75) is 18.9 Å². The highest BCUT2D eigenvalue weighted by Gasteiger charge is 2.47. The van der Waals surface area contributed by atoms with E-state index in [4.69, 9.17) is 5.73 Å². The van der Waals surface area contributed by atoms with Crippen LogP contribution in [0, 0.1) is 3.57 Å². The van der Waals surface area contributed by atoms with Crippen LogP contribution in [0.4, 0.5) is 8.78 Å². The second kappa shape index (κ2) is 5.72. The number of esters is 1. The molecule has 0 unspecified atom stereocenters. The molecule has 1 rings (SSSR count). The van der Waals surface area contributed by atoms with Gasteiger partial charge in [0.05, 0.1) is 6.61 Å². The first kappa shape index (κ1) is 14.3. The zero-order valence-corrected chi connectivity index (χ0v) is 11.3. The molecule has 0 saturated heterocycles. The molecule has 0 bridgehead atoms. The van der Waals surface area contributed by atoms with Gasteiger partial charge < -0.3 is 10.5 Å². The van der Waals surface area contributed by atoms with Crippen molar-refractivity contribution in [3.05, 3.63) is 33.4 Å². The Balaban J connectivity index is 2.91. The van der Waals surface area contributed by atoms with Gasteiger partial charge in [0, 0.05) is 3.57 Å². The maximum atomic E-state index is 13.6. The van der Waals surface area contributed by atoms with Crippen LogP contribution in [0.5, 0.6) is 0 Å². The average Bonchev–Trinajstić information content (AvgIpc) is 2.29. The molecule has 0 aliphatic carbocycles.